The molecule has 0 unspecified atom stereocenters. The first kappa shape index (κ1) is 16.9. The number of carbonyl (C=O) groups is 1. The van der Waals surface area contributed by atoms with Crippen molar-refractivity contribution in [1.82, 2.24) is 10.2 Å². The zero-order chi connectivity index (χ0) is 16.9. The number of anilines is 2. The molecule has 0 atom stereocenters. The number of hydrogen-bond acceptors (Lipinski definition) is 4. The minimum Gasteiger partial charge on any atom is -0.465 e. The molecule has 1 aromatic rings. The van der Waals surface area contributed by atoms with Crippen LogP contribution in [0.5, 0.6) is 0 Å². The van der Waals surface area contributed by atoms with E-state index < -0.39 is 6.09 Å². The van der Waals surface area contributed by atoms with Crippen LogP contribution in [0, 0.1) is 5.92 Å². The molecule has 0 spiro atoms. The minimum atomic E-state index is -0.892. The molecule has 0 radical (unpaired) electrons. The van der Waals surface area contributed by atoms with Crippen molar-refractivity contribution in [2.24, 2.45) is 5.92 Å². The van der Waals surface area contributed by atoms with Crippen LogP contribution in [0.15, 0.2) is 24.3 Å². The fourth-order valence-corrected chi connectivity index (χ4v) is 3.94. The van der Waals surface area contributed by atoms with Crippen molar-refractivity contribution in [3.63, 3.8) is 0 Å². The summed E-state index contributed by atoms with van der Waals surface area (Å²) in [5.41, 5.74) is 7.92. The number of piperazine rings is 1. The highest BCUT2D eigenvalue weighted by Crippen LogP contribution is 2.26. The molecule has 1 amide bonds. The maximum atomic E-state index is 10.7. The second-order valence-corrected chi connectivity index (χ2v) is 7.05. The van der Waals surface area contributed by atoms with E-state index in [2.05, 4.69) is 21.2 Å². The van der Waals surface area contributed by atoms with Crippen molar-refractivity contribution < 1.29 is 9.90 Å². The third-order valence-electron chi connectivity index (χ3n) is 5.30. The molecule has 24 heavy (non-hydrogen) atoms. The van der Waals surface area contributed by atoms with E-state index in [1.165, 1.54) is 5.69 Å². The van der Waals surface area contributed by atoms with Gasteiger partial charge in [-0.25, -0.2) is 4.79 Å². The van der Waals surface area contributed by atoms with Crippen molar-refractivity contribution in [2.75, 3.05) is 43.4 Å². The molecule has 3 rings (SSSR count). The van der Waals surface area contributed by atoms with Crippen molar-refractivity contribution in [3.8, 4) is 0 Å². The molecule has 1 aromatic carbocycles. The first-order chi connectivity index (χ1) is 11.6. The first-order valence-electron chi connectivity index (χ1n) is 8.92. The molecular formula is C18H28N4O2. The minimum absolute atomic E-state index is 0.152. The molecule has 6 heteroatoms. The monoisotopic (exact) mass is 332 g/mol. The summed E-state index contributed by atoms with van der Waals surface area (Å²) in [5, 5.41) is 11.4. The van der Waals surface area contributed by atoms with E-state index in [0.717, 1.165) is 64.1 Å². The van der Waals surface area contributed by atoms with Gasteiger partial charge < -0.3 is 21.1 Å². The topological polar surface area (TPSA) is 81.8 Å². The first-order valence-corrected chi connectivity index (χ1v) is 8.92. The molecule has 1 saturated carbocycles. The molecule has 6 nitrogen and oxygen atoms in total. The Balaban J connectivity index is 1.41. The maximum Gasteiger partial charge on any atom is 0.404 e. The molecule has 4 N–H and O–H groups in total. The van der Waals surface area contributed by atoms with Gasteiger partial charge in [0.1, 0.15) is 0 Å². The van der Waals surface area contributed by atoms with Gasteiger partial charge in [-0.15, -0.1) is 0 Å². The number of nitrogens with two attached hydrogens (primary N) is 1. The summed E-state index contributed by atoms with van der Waals surface area (Å²) in [6.07, 6.45) is 3.30. The molecule has 1 aliphatic carbocycles. The Labute approximate surface area is 143 Å². The second kappa shape index (κ2) is 7.75. The highest BCUT2D eigenvalue weighted by atomic mass is 16.4. The number of amides is 1. The smallest absolute Gasteiger partial charge is 0.404 e. The predicted octanol–water partition coefficient (Wildman–Crippen LogP) is 2.22. The number of carboxylic acid groups (broad SMARTS) is 1. The van der Waals surface area contributed by atoms with Crippen molar-refractivity contribution in [3.05, 3.63) is 24.3 Å². The Morgan fingerprint density at radius 3 is 2.50 bits per heavy atom. The summed E-state index contributed by atoms with van der Waals surface area (Å²) < 4.78 is 0. The van der Waals surface area contributed by atoms with Gasteiger partial charge in [0.05, 0.1) is 0 Å². The lowest BCUT2D eigenvalue weighted by Crippen LogP contribution is -2.48. The summed E-state index contributed by atoms with van der Waals surface area (Å²) in [4.78, 5) is 15.7. The zero-order valence-corrected chi connectivity index (χ0v) is 14.2. The van der Waals surface area contributed by atoms with E-state index in [9.17, 15) is 4.79 Å². The summed E-state index contributed by atoms with van der Waals surface area (Å²) in [5.74, 6) is 0.704. The van der Waals surface area contributed by atoms with Gasteiger partial charge in [-0.2, -0.15) is 0 Å². The van der Waals surface area contributed by atoms with Crippen LogP contribution in [0.4, 0.5) is 16.2 Å². The third kappa shape index (κ3) is 4.54. The van der Waals surface area contributed by atoms with Crippen LogP contribution in [0.2, 0.25) is 0 Å². The van der Waals surface area contributed by atoms with E-state index in [1.807, 2.05) is 18.2 Å². The zero-order valence-electron chi connectivity index (χ0n) is 14.2. The number of hydrogen-bond donors (Lipinski definition) is 3. The third-order valence-corrected chi connectivity index (χ3v) is 5.30. The Kier molecular flexibility index (Phi) is 5.45. The Morgan fingerprint density at radius 2 is 1.88 bits per heavy atom. The highest BCUT2D eigenvalue weighted by molar-refractivity contribution is 5.64. The van der Waals surface area contributed by atoms with Gasteiger partial charge in [-0.1, -0.05) is 6.07 Å². The van der Waals surface area contributed by atoms with Gasteiger partial charge in [-0.3, -0.25) is 4.90 Å². The largest absolute Gasteiger partial charge is 0.465 e. The highest BCUT2D eigenvalue weighted by Gasteiger charge is 2.25. The van der Waals surface area contributed by atoms with Crippen LogP contribution in [0.1, 0.15) is 25.7 Å². The van der Waals surface area contributed by atoms with E-state index in [4.69, 9.17) is 10.8 Å². The molecule has 1 saturated heterocycles. The van der Waals surface area contributed by atoms with Gasteiger partial charge in [-0.05, 0) is 49.8 Å². The SMILES string of the molecule is Nc1cccc(N2CCN(CC3CCC(NC(=O)O)CC3)CC2)c1. The Morgan fingerprint density at radius 1 is 1.17 bits per heavy atom. The van der Waals surface area contributed by atoms with E-state index in [1.54, 1.807) is 0 Å². The van der Waals surface area contributed by atoms with Crippen molar-refractivity contribution in [2.45, 2.75) is 31.7 Å². The standard InChI is InChI=1S/C18H28N4O2/c19-15-2-1-3-17(12-15)22-10-8-21(9-11-22)13-14-4-6-16(7-5-14)20-18(23)24/h1-3,12,14,16,20H,4-11,13,19H2,(H,23,24). The Bertz CT molecular complexity index is 550. The number of nitrogen functional groups attached to an aromatic ring is 1. The lowest BCUT2D eigenvalue weighted by Gasteiger charge is -2.39. The molecule has 1 heterocycles. The Hall–Kier alpha value is -1.95. The lowest BCUT2D eigenvalue weighted by atomic mass is 9.85. The van der Waals surface area contributed by atoms with Gasteiger partial charge in [0.2, 0.25) is 0 Å². The fraction of sp³-hybridized carbons (Fsp3) is 0.611. The maximum absolute atomic E-state index is 10.7. The van der Waals surface area contributed by atoms with Crippen LogP contribution in [0.25, 0.3) is 0 Å². The van der Waals surface area contributed by atoms with Gasteiger partial charge >= 0.3 is 6.09 Å². The van der Waals surface area contributed by atoms with Gasteiger partial charge in [0.25, 0.3) is 0 Å². The molecular weight excluding hydrogens is 304 g/mol. The molecule has 0 bridgehead atoms. The average Bonchev–Trinajstić information content (AvgIpc) is 2.57. The predicted molar refractivity (Wildman–Crippen MR) is 96.4 cm³/mol. The number of nitrogens with one attached hydrogen (secondary N) is 1. The molecule has 2 aliphatic rings. The second-order valence-electron chi connectivity index (χ2n) is 7.05. The average molecular weight is 332 g/mol. The van der Waals surface area contributed by atoms with Crippen LogP contribution in [-0.2, 0) is 0 Å². The van der Waals surface area contributed by atoms with Crippen LogP contribution in [-0.4, -0.2) is 54.9 Å². The van der Waals surface area contributed by atoms with Gasteiger partial charge in [0, 0.05) is 50.1 Å². The van der Waals surface area contributed by atoms with Crippen molar-refractivity contribution >= 4 is 17.5 Å². The number of benzene rings is 1. The van der Waals surface area contributed by atoms with E-state index >= 15 is 0 Å². The number of rotatable bonds is 4. The lowest BCUT2D eigenvalue weighted by molar-refractivity contribution is 0.166. The molecule has 0 aromatic heterocycles. The molecule has 2 fully saturated rings. The van der Waals surface area contributed by atoms with Crippen molar-refractivity contribution in [1.29, 1.82) is 0 Å². The van der Waals surface area contributed by atoms with E-state index in [-0.39, 0.29) is 6.04 Å². The summed E-state index contributed by atoms with van der Waals surface area (Å²) in [6.45, 7) is 5.40. The number of nitrogens with zero attached hydrogens (tertiary/aromatic N) is 2. The molecule has 1 aliphatic heterocycles. The van der Waals surface area contributed by atoms with Crippen LogP contribution >= 0.6 is 0 Å². The summed E-state index contributed by atoms with van der Waals surface area (Å²) in [7, 11) is 0. The van der Waals surface area contributed by atoms with Crippen LogP contribution < -0.4 is 16.0 Å². The van der Waals surface area contributed by atoms with E-state index in [0.29, 0.717) is 5.92 Å². The van der Waals surface area contributed by atoms with Crippen LogP contribution in [0.3, 0.4) is 0 Å². The fourth-order valence-electron chi connectivity index (χ4n) is 3.94. The molecule has 132 valence electrons. The quantitative estimate of drug-likeness (QED) is 0.737. The normalized spacial score (nSPS) is 25.4. The van der Waals surface area contributed by atoms with Gasteiger partial charge in [0.15, 0.2) is 0 Å². The summed E-state index contributed by atoms with van der Waals surface area (Å²) >= 11 is 0. The summed E-state index contributed by atoms with van der Waals surface area (Å²) in [6, 6.07) is 8.27.